The number of alkyl halides is 1. The number of benzene rings is 1. The summed E-state index contributed by atoms with van der Waals surface area (Å²) in [6.07, 6.45) is 1.54. The molecule has 2 heterocycles. The quantitative estimate of drug-likeness (QED) is 0.524. The van der Waals surface area contributed by atoms with Crippen molar-refractivity contribution in [1.82, 2.24) is 24.7 Å². The zero-order chi connectivity index (χ0) is 24.0. The van der Waals surface area contributed by atoms with E-state index in [4.69, 9.17) is 5.73 Å². The second kappa shape index (κ2) is 10.5. The van der Waals surface area contributed by atoms with E-state index in [9.17, 15) is 18.8 Å². The average Bonchev–Trinajstić information content (AvgIpc) is 2.79. The number of piperazine rings is 1. The average molecular weight is 460 g/mol. The number of nitrogens with one attached hydrogen (secondary N) is 2. The molecule has 1 aromatic heterocycles. The van der Waals surface area contributed by atoms with Gasteiger partial charge in [-0.05, 0) is 37.6 Å². The summed E-state index contributed by atoms with van der Waals surface area (Å²) in [6, 6.07) is 8.41. The van der Waals surface area contributed by atoms with Gasteiger partial charge in [-0.1, -0.05) is 12.1 Å². The molecule has 1 fully saturated rings. The number of anilines is 1. The van der Waals surface area contributed by atoms with Gasteiger partial charge in [-0.2, -0.15) is 4.98 Å². The molecule has 10 nitrogen and oxygen atoms in total. The molecule has 0 saturated carbocycles. The number of aromatic nitrogens is 2. The molecule has 1 aliphatic heterocycles. The first-order chi connectivity index (χ1) is 15.7. The Morgan fingerprint density at radius 1 is 1.09 bits per heavy atom. The summed E-state index contributed by atoms with van der Waals surface area (Å²) in [5.41, 5.74) is 5.98. The van der Waals surface area contributed by atoms with Crippen molar-refractivity contribution in [3.8, 4) is 5.69 Å². The molecular weight excluding hydrogens is 429 g/mol. The first kappa shape index (κ1) is 24.3. The van der Waals surface area contributed by atoms with Gasteiger partial charge in [0.1, 0.15) is 12.5 Å². The van der Waals surface area contributed by atoms with Crippen LogP contribution in [0.5, 0.6) is 0 Å². The minimum atomic E-state index is -0.954. The molecular formula is C22H30FN7O3. The molecule has 3 rings (SSSR count). The monoisotopic (exact) mass is 459 g/mol. The summed E-state index contributed by atoms with van der Waals surface area (Å²) >= 11 is 0. The Bertz CT molecular complexity index is 1030. The van der Waals surface area contributed by atoms with Crippen molar-refractivity contribution in [2.75, 3.05) is 44.7 Å². The van der Waals surface area contributed by atoms with Crippen molar-refractivity contribution in [2.45, 2.75) is 25.9 Å². The molecule has 1 saturated heterocycles. The van der Waals surface area contributed by atoms with Crippen molar-refractivity contribution >= 4 is 17.8 Å². The molecule has 0 aliphatic carbocycles. The lowest BCUT2D eigenvalue weighted by Gasteiger charge is -2.37. The highest BCUT2D eigenvalue weighted by Crippen LogP contribution is 2.12. The predicted octanol–water partition coefficient (Wildman–Crippen LogP) is 0.705. The Morgan fingerprint density at radius 2 is 1.73 bits per heavy atom. The van der Waals surface area contributed by atoms with Crippen LogP contribution in [0.4, 0.5) is 15.0 Å². The van der Waals surface area contributed by atoms with Crippen molar-refractivity contribution in [1.29, 1.82) is 0 Å². The Morgan fingerprint density at radius 3 is 2.30 bits per heavy atom. The molecule has 3 amide bonds. The topological polar surface area (TPSA) is 126 Å². The summed E-state index contributed by atoms with van der Waals surface area (Å²) in [7, 11) is 0. The molecule has 0 atom stereocenters. The smallest absolute Gasteiger partial charge is 0.338 e. The number of nitrogens with zero attached hydrogens (tertiary/aromatic N) is 4. The molecule has 1 aromatic carbocycles. The van der Waals surface area contributed by atoms with Gasteiger partial charge in [-0.15, -0.1) is 0 Å². The second-order valence-corrected chi connectivity index (χ2v) is 8.43. The van der Waals surface area contributed by atoms with E-state index in [1.807, 2.05) is 12.1 Å². The fourth-order valence-electron chi connectivity index (χ4n) is 3.45. The number of amides is 3. The highest BCUT2D eigenvalue weighted by atomic mass is 19.1. The van der Waals surface area contributed by atoms with E-state index in [0.29, 0.717) is 38.4 Å². The molecule has 0 spiro atoms. The van der Waals surface area contributed by atoms with Gasteiger partial charge in [0.2, 0.25) is 5.91 Å². The number of hydrogen-bond donors (Lipinski definition) is 3. The highest BCUT2D eigenvalue weighted by molar-refractivity contribution is 5.89. The third kappa shape index (κ3) is 6.36. The summed E-state index contributed by atoms with van der Waals surface area (Å²) < 4.78 is 13.5. The van der Waals surface area contributed by atoms with Gasteiger partial charge in [0.05, 0.1) is 11.2 Å². The fourth-order valence-corrected chi connectivity index (χ4v) is 3.45. The molecule has 0 bridgehead atoms. The van der Waals surface area contributed by atoms with Gasteiger partial charge < -0.3 is 20.9 Å². The predicted molar refractivity (Wildman–Crippen MR) is 123 cm³/mol. The second-order valence-electron chi connectivity index (χ2n) is 8.43. The van der Waals surface area contributed by atoms with E-state index >= 15 is 0 Å². The van der Waals surface area contributed by atoms with Gasteiger partial charge >= 0.3 is 11.7 Å². The molecule has 33 heavy (non-hydrogen) atoms. The van der Waals surface area contributed by atoms with E-state index in [-0.39, 0.29) is 24.3 Å². The highest BCUT2D eigenvalue weighted by Gasteiger charge is 2.31. The van der Waals surface area contributed by atoms with Crippen LogP contribution in [0.3, 0.4) is 0 Å². The SMILES string of the molecule is CC(C)(N)C(=O)N1CCN(C(=O)Nc2ccn(-c3ccc(CNCCF)cc3)c(=O)n2)CC1. The third-order valence-electron chi connectivity index (χ3n) is 5.26. The van der Waals surface area contributed by atoms with Crippen LogP contribution in [0.1, 0.15) is 19.4 Å². The molecule has 0 unspecified atom stereocenters. The molecule has 0 radical (unpaired) electrons. The Labute approximate surface area is 191 Å². The third-order valence-corrected chi connectivity index (χ3v) is 5.26. The lowest BCUT2D eigenvalue weighted by Crippen LogP contribution is -2.58. The van der Waals surface area contributed by atoms with Gasteiger partial charge in [-0.3, -0.25) is 14.7 Å². The van der Waals surface area contributed by atoms with Gasteiger partial charge in [0.25, 0.3) is 0 Å². The maximum absolute atomic E-state index is 12.6. The summed E-state index contributed by atoms with van der Waals surface area (Å²) in [6.45, 7) is 5.21. The number of carbonyl (C=O) groups is 2. The van der Waals surface area contributed by atoms with Crippen molar-refractivity contribution < 1.29 is 14.0 Å². The van der Waals surface area contributed by atoms with Crippen LogP contribution in [-0.4, -0.2) is 76.2 Å². The fraction of sp³-hybridized carbons (Fsp3) is 0.455. The van der Waals surface area contributed by atoms with E-state index in [0.717, 1.165) is 5.56 Å². The molecule has 178 valence electrons. The largest absolute Gasteiger partial charge is 0.354 e. The van der Waals surface area contributed by atoms with Crippen LogP contribution in [-0.2, 0) is 11.3 Å². The summed E-state index contributed by atoms with van der Waals surface area (Å²) in [5.74, 6) is -0.00761. The van der Waals surface area contributed by atoms with Crippen LogP contribution in [0, 0.1) is 0 Å². The minimum absolute atomic E-state index is 0.148. The first-order valence-corrected chi connectivity index (χ1v) is 10.8. The van der Waals surface area contributed by atoms with Crippen molar-refractivity contribution in [2.24, 2.45) is 5.73 Å². The molecule has 11 heteroatoms. The zero-order valence-electron chi connectivity index (χ0n) is 18.9. The number of halogens is 1. The zero-order valence-corrected chi connectivity index (χ0v) is 18.9. The number of nitrogens with two attached hydrogens (primary N) is 1. The van der Waals surface area contributed by atoms with E-state index in [1.165, 1.54) is 4.57 Å². The standard InChI is InChI=1S/C22H30FN7O3/c1-22(2,24)19(31)28-11-13-29(14-12-28)20(32)26-18-7-10-30(21(33)27-18)17-5-3-16(4-6-17)15-25-9-8-23/h3-7,10,25H,8-9,11-15,24H2,1-2H3,(H,26,27,32,33). The Hall–Kier alpha value is -3.31. The van der Waals surface area contributed by atoms with E-state index < -0.39 is 17.9 Å². The molecule has 1 aliphatic rings. The maximum Gasteiger partial charge on any atom is 0.354 e. The minimum Gasteiger partial charge on any atom is -0.338 e. The Balaban J connectivity index is 1.58. The number of rotatable bonds is 7. The van der Waals surface area contributed by atoms with Crippen molar-refractivity contribution in [3.63, 3.8) is 0 Å². The van der Waals surface area contributed by atoms with Gasteiger partial charge in [0, 0.05) is 45.5 Å². The number of hydrogen-bond acceptors (Lipinski definition) is 6. The lowest BCUT2D eigenvalue weighted by molar-refractivity contribution is -0.137. The number of carbonyl (C=O) groups excluding carboxylic acids is 2. The van der Waals surface area contributed by atoms with Crippen LogP contribution in [0.15, 0.2) is 41.3 Å². The van der Waals surface area contributed by atoms with Gasteiger partial charge in [-0.25, -0.2) is 14.0 Å². The lowest BCUT2D eigenvalue weighted by atomic mass is 10.1. The Kier molecular flexibility index (Phi) is 7.77. The number of urea groups is 1. The molecule has 2 aromatic rings. The summed E-state index contributed by atoms with van der Waals surface area (Å²) in [4.78, 5) is 44.5. The van der Waals surface area contributed by atoms with Crippen molar-refractivity contribution in [3.05, 3.63) is 52.6 Å². The normalized spacial score (nSPS) is 14.3. The van der Waals surface area contributed by atoms with E-state index in [1.54, 1.807) is 48.0 Å². The van der Waals surface area contributed by atoms with Crippen LogP contribution in [0.2, 0.25) is 0 Å². The molecule has 4 N–H and O–H groups in total. The van der Waals surface area contributed by atoms with Crippen LogP contribution >= 0.6 is 0 Å². The maximum atomic E-state index is 12.6. The van der Waals surface area contributed by atoms with Crippen LogP contribution in [0.25, 0.3) is 5.69 Å². The van der Waals surface area contributed by atoms with Gasteiger partial charge in [0.15, 0.2) is 0 Å². The first-order valence-electron chi connectivity index (χ1n) is 10.8. The van der Waals surface area contributed by atoms with Crippen LogP contribution < -0.4 is 22.1 Å². The summed E-state index contributed by atoms with van der Waals surface area (Å²) in [5, 5.41) is 5.60. The van der Waals surface area contributed by atoms with E-state index in [2.05, 4.69) is 15.6 Å².